The van der Waals surface area contributed by atoms with Crippen LogP contribution in [0.15, 0.2) is 18.2 Å². The second kappa shape index (κ2) is 11.6. The van der Waals surface area contributed by atoms with Crippen molar-refractivity contribution in [3.8, 4) is 0 Å². The number of nitrogens with zero attached hydrogens (tertiary/aromatic N) is 3. The number of benzene rings is 1. The molecule has 2 heterocycles. The topological polar surface area (TPSA) is 33.1 Å². The number of likely N-dealkylation sites (tertiary alicyclic amines) is 1. The van der Waals surface area contributed by atoms with Gasteiger partial charge >= 0.3 is 0 Å². The number of piperidine rings is 1. The summed E-state index contributed by atoms with van der Waals surface area (Å²) in [5.41, 5.74) is 2.41. The van der Waals surface area contributed by atoms with Crippen LogP contribution in [0.1, 0.15) is 85.0 Å². The smallest absolute Gasteiger partial charge is 0.125 e. The summed E-state index contributed by atoms with van der Waals surface area (Å²) in [6, 6.07) is 5.55. The molecule has 0 bridgehead atoms. The van der Waals surface area contributed by atoms with Crippen molar-refractivity contribution in [1.29, 1.82) is 0 Å². The molecular formula is C27H45FN4. The van der Waals surface area contributed by atoms with Gasteiger partial charge in [-0.1, -0.05) is 41.0 Å². The summed E-state index contributed by atoms with van der Waals surface area (Å²) in [5, 5.41) is 3.41. The van der Waals surface area contributed by atoms with E-state index in [-0.39, 0.29) is 5.82 Å². The zero-order valence-electron chi connectivity index (χ0n) is 21.1. The van der Waals surface area contributed by atoms with Crippen LogP contribution in [-0.2, 0) is 6.42 Å². The Kier molecular flexibility index (Phi) is 9.13. The third-order valence-corrected chi connectivity index (χ3v) is 7.25. The Hall–Kier alpha value is -1.46. The van der Waals surface area contributed by atoms with Crippen LogP contribution in [0.4, 0.5) is 4.39 Å². The number of hydrogen-bond donors (Lipinski definition) is 1. The van der Waals surface area contributed by atoms with Gasteiger partial charge in [-0.05, 0) is 62.1 Å². The van der Waals surface area contributed by atoms with Crippen molar-refractivity contribution < 1.29 is 4.39 Å². The summed E-state index contributed by atoms with van der Waals surface area (Å²) in [6.07, 6.45) is 8.76. The Balaban J connectivity index is 0.00000141. The van der Waals surface area contributed by atoms with Crippen LogP contribution in [0, 0.1) is 17.2 Å². The first kappa shape index (κ1) is 25.2. The number of imidazole rings is 1. The predicted octanol–water partition coefficient (Wildman–Crippen LogP) is 6.21. The highest BCUT2D eigenvalue weighted by Crippen LogP contribution is 2.39. The average Bonchev–Trinajstić information content (AvgIpc) is 3.12. The Morgan fingerprint density at radius 3 is 2.59 bits per heavy atom. The maximum Gasteiger partial charge on any atom is 0.125 e. The molecule has 0 radical (unpaired) electrons. The van der Waals surface area contributed by atoms with Gasteiger partial charge in [-0.3, -0.25) is 0 Å². The van der Waals surface area contributed by atoms with Crippen LogP contribution in [-0.4, -0.2) is 47.2 Å². The number of hydrogen-bond acceptors (Lipinski definition) is 3. The van der Waals surface area contributed by atoms with Gasteiger partial charge < -0.3 is 14.8 Å². The molecule has 180 valence electrons. The Labute approximate surface area is 195 Å². The molecule has 5 heteroatoms. The molecule has 1 aliphatic heterocycles. The molecule has 0 spiro atoms. The Morgan fingerprint density at radius 1 is 1.16 bits per heavy atom. The van der Waals surface area contributed by atoms with Gasteiger partial charge in [-0.2, -0.15) is 0 Å². The maximum atomic E-state index is 13.8. The molecule has 1 aromatic heterocycles. The second-order valence-corrected chi connectivity index (χ2v) is 10.3. The molecule has 4 rings (SSSR count). The summed E-state index contributed by atoms with van der Waals surface area (Å²) in [5.74, 6) is 1.76. The minimum absolute atomic E-state index is 0.199. The van der Waals surface area contributed by atoms with Crippen molar-refractivity contribution in [2.45, 2.75) is 85.6 Å². The molecule has 32 heavy (non-hydrogen) atoms. The molecule has 1 aromatic carbocycles. The highest BCUT2D eigenvalue weighted by Gasteiger charge is 2.31. The fraction of sp³-hybridized carbons (Fsp3) is 0.741. The number of nitrogens with one attached hydrogen (secondary N) is 1. The van der Waals surface area contributed by atoms with E-state index in [0.717, 1.165) is 68.2 Å². The third-order valence-electron chi connectivity index (χ3n) is 7.25. The molecule has 2 aromatic rings. The number of halogens is 1. The van der Waals surface area contributed by atoms with E-state index in [1.165, 1.54) is 32.2 Å². The largest absolute Gasteiger partial charge is 0.325 e. The van der Waals surface area contributed by atoms with Gasteiger partial charge in [0.1, 0.15) is 11.6 Å². The molecule has 1 N–H and O–H groups in total. The first-order chi connectivity index (χ1) is 15.4. The lowest BCUT2D eigenvalue weighted by atomic mass is 9.72. The molecule has 1 saturated carbocycles. The number of likely N-dealkylation sites (N-methyl/N-ethyl adjacent to an activating group) is 1. The van der Waals surface area contributed by atoms with Crippen molar-refractivity contribution in [2.24, 2.45) is 11.3 Å². The van der Waals surface area contributed by atoms with Gasteiger partial charge in [-0.25, -0.2) is 9.37 Å². The monoisotopic (exact) mass is 444 g/mol. The standard InChI is InChI=1S/C25H39FN4.C2H6/c1-4-27-13-9-24-28-22-16-20(26)7-8-23(22)30(24)21-10-14-29(15-11-21)18-19-6-5-12-25(2,3)17-19;1-2/h7-8,16,19,21,27H,4-6,9-15,17-18H2,1-3H3;1-2H3. The van der Waals surface area contributed by atoms with Gasteiger partial charge in [0, 0.05) is 44.7 Å². The second-order valence-electron chi connectivity index (χ2n) is 10.3. The van der Waals surface area contributed by atoms with E-state index < -0.39 is 0 Å². The molecule has 1 saturated heterocycles. The molecule has 1 aliphatic carbocycles. The van der Waals surface area contributed by atoms with Crippen LogP contribution >= 0.6 is 0 Å². The van der Waals surface area contributed by atoms with E-state index >= 15 is 0 Å². The molecule has 2 fully saturated rings. The molecule has 1 unspecified atom stereocenters. The Bertz CT molecular complexity index is 836. The lowest BCUT2D eigenvalue weighted by Gasteiger charge is -2.40. The van der Waals surface area contributed by atoms with E-state index in [1.54, 1.807) is 12.1 Å². The van der Waals surface area contributed by atoms with Crippen LogP contribution in [0.5, 0.6) is 0 Å². The first-order valence-electron chi connectivity index (χ1n) is 13.0. The van der Waals surface area contributed by atoms with Gasteiger partial charge in [0.05, 0.1) is 11.0 Å². The normalized spacial score (nSPS) is 22.0. The molecule has 2 aliphatic rings. The molecule has 1 atom stereocenters. The summed E-state index contributed by atoms with van der Waals surface area (Å²) in [7, 11) is 0. The zero-order chi connectivity index (χ0) is 23.1. The van der Waals surface area contributed by atoms with Gasteiger partial charge in [0.25, 0.3) is 0 Å². The van der Waals surface area contributed by atoms with Crippen LogP contribution < -0.4 is 5.32 Å². The summed E-state index contributed by atoms with van der Waals surface area (Å²) < 4.78 is 16.2. The van der Waals surface area contributed by atoms with E-state index in [4.69, 9.17) is 4.98 Å². The minimum Gasteiger partial charge on any atom is -0.325 e. The van der Waals surface area contributed by atoms with Crippen molar-refractivity contribution in [3.05, 3.63) is 29.8 Å². The Morgan fingerprint density at radius 2 is 1.91 bits per heavy atom. The van der Waals surface area contributed by atoms with Crippen LogP contribution in [0.2, 0.25) is 0 Å². The predicted molar refractivity (Wildman–Crippen MR) is 134 cm³/mol. The highest BCUT2D eigenvalue weighted by molar-refractivity contribution is 5.76. The van der Waals surface area contributed by atoms with Gasteiger partial charge in [0.2, 0.25) is 0 Å². The van der Waals surface area contributed by atoms with Crippen molar-refractivity contribution in [1.82, 2.24) is 19.8 Å². The van der Waals surface area contributed by atoms with E-state index in [0.29, 0.717) is 11.5 Å². The van der Waals surface area contributed by atoms with Gasteiger partial charge in [-0.15, -0.1) is 0 Å². The highest BCUT2D eigenvalue weighted by atomic mass is 19.1. The molecule has 0 amide bonds. The average molecular weight is 445 g/mol. The van der Waals surface area contributed by atoms with Gasteiger partial charge in [0.15, 0.2) is 0 Å². The zero-order valence-corrected chi connectivity index (χ0v) is 21.1. The van der Waals surface area contributed by atoms with Crippen molar-refractivity contribution in [2.75, 3.05) is 32.7 Å². The summed E-state index contributed by atoms with van der Waals surface area (Å²) in [4.78, 5) is 7.51. The summed E-state index contributed by atoms with van der Waals surface area (Å²) in [6.45, 7) is 16.5. The van der Waals surface area contributed by atoms with Crippen LogP contribution in [0.3, 0.4) is 0 Å². The quantitative estimate of drug-likeness (QED) is 0.516. The van der Waals surface area contributed by atoms with E-state index in [2.05, 4.69) is 35.6 Å². The summed E-state index contributed by atoms with van der Waals surface area (Å²) >= 11 is 0. The van der Waals surface area contributed by atoms with Crippen molar-refractivity contribution in [3.63, 3.8) is 0 Å². The molecular weight excluding hydrogens is 399 g/mol. The SMILES string of the molecule is CC.CCNCCc1nc2cc(F)ccc2n1C1CCN(CC2CCCC(C)(C)C2)CC1. The number of rotatable bonds is 7. The third kappa shape index (κ3) is 6.32. The number of fused-ring (bicyclic) bond motifs is 1. The molecule has 4 nitrogen and oxygen atoms in total. The van der Waals surface area contributed by atoms with Crippen LogP contribution in [0.25, 0.3) is 11.0 Å². The van der Waals surface area contributed by atoms with E-state index in [1.807, 2.05) is 19.9 Å². The minimum atomic E-state index is -0.199. The van der Waals surface area contributed by atoms with E-state index in [9.17, 15) is 4.39 Å². The first-order valence-corrected chi connectivity index (χ1v) is 13.0. The van der Waals surface area contributed by atoms with Crippen molar-refractivity contribution >= 4 is 11.0 Å². The number of aromatic nitrogens is 2. The lowest BCUT2D eigenvalue weighted by molar-refractivity contribution is 0.109. The fourth-order valence-corrected chi connectivity index (χ4v) is 5.82. The lowest BCUT2D eigenvalue weighted by Crippen LogP contribution is -2.40. The maximum absolute atomic E-state index is 13.8. The fourth-order valence-electron chi connectivity index (χ4n) is 5.82.